The van der Waals surface area contributed by atoms with Crippen molar-refractivity contribution in [2.75, 3.05) is 0 Å². The average molecular weight is 382 g/mol. The largest absolute Gasteiger partial charge is 0.260 e. The van der Waals surface area contributed by atoms with E-state index in [1.807, 2.05) is 12.4 Å². The van der Waals surface area contributed by atoms with Crippen LogP contribution in [0.25, 0.3) is 0 Å². The summed E-state index contributed by atoms with van der Waals surface area (Å²) in [5, 5.41) is 0. The predicted molar refractivity (Wildman–Crippen MR) is 119 cm³/mol. The third-order valence-electron chi connectivity index (χ3n) is 5.72. The van der Waals surface area contributed by atoms with Crippen molar-refractivity contribution in [2.24, 2.45) is 0 Å². The van der Waals surface area contributed by atoms with Gasteiger partial charge >= 0.3 is 0 Å². The van der Waals surface area contributed by atoms with Crippen molar-refractivity contribution in [3.8, 4) is 0 Å². The molecule has 2 aromatic rings. The van der Waals surface area contributed by atoms with Crippen molar-refractivity contribution >= 4 is 0 Å². The van der Waals surface area contributed by atoms with E-state index in [2.05, 4.69) is 92.4 Å². The molecule has 0 radical (unpaired) electrons. The van der Waals surface area contributed by atoms with Gasteiger partial charge in [-0.1, -0.05) is 75.3 Å². The lowest BCUT2D eigenvalue weighted by Crippen LogP contribution is -2.27. The van der Waals surface area contributed by atoms with E-state index in [-0.39, 0.29) is 21.7 Å². The number of rotatable bonds is 5. The fourth-order valence-corrected chi connectivity index (χ4v) is 3.22. The van der Waals surface area contributed by atoms with Gasteiger partial charge in [-0.05, 0) is 36.0 Å². The van der Waals surface area contributed by atoms with Gasteiger partial charge in [0.15, 0.2) is 0 Å². The number of aromatic nitrogens is 3. The Morgan fingerprint density at radius 1 is 0.643 bits per heavy atom. The Labute approximate surface area is 172 Å². The lowest BCUT2D eigenvalue weighted by atomic mass is 9.75. The zero-order valence-electron chi connectivity index (χ0n) is 19.6. The molecule has 0 saturated carbocycles. The molecule has 0 aromatic carbocycles. The molecule has 0 saturated heterocycles. The van der Waals surface area contributed by atoms with Crippen LogP contribution in [0, 0.1) is 0 Å². The van der Waals surface area contributed by atoms with Gasteiger partial charge in [0.2, 0.25) is 0 Å². The number of hydrogen-bond donors (Lipinski definition) is 0. The van der Waals surface area contributed by atoms with Crippen LogP contribution in [0.5, 0.6) is 0 Å². The minimum atomic E-state index is -0.0376. The highest BCUT2D eigenvalue weighted by molar-refractivity contribution is 5.25. The van der Waals surface area contributed by atoms with Crippen LogP contribution in [0.3, 0.4) is 0 Å². The number of nitrogens with zero attached hydrogens (tertiary/aromatic N) is 3. The summed E-state index contributed by atoms with van der Waals surface area (Å²) in [7, 11) is 0. The second-order valence-electron chi connectivity index (χ2n) is 11.5. The zero-order chi connectivity index (χ0) is 21.4. The lowest BCUT2D eigenvalue weighted by molar-refractivity contribution is 0.360. The van der Waals surface area contributed by atoms with Gasteiger partial charge < -0.3 is 0 Å². The van der Waals surface area contributed by atoms with Gasteiger partial charge in [0.25, 0.3) is 0 Å². The number of hydrogen-bond acceptors (Lipinski definition) is 3. The molecule has 2 rings (SSSR count). The van der Waals surface area contributed by atoms with Crippen LogP contribution >= 0.6 is 0 Å². The van der Waals surface area contributed by atoms with Crippen molar-refractivity contribution < 1.29 is 0 Å². The lowest BCUT2D eigenvalue weighted by Gasteiger charge is -2.31. The smallest absolute Gasteiger partial charge is 0.133 e. The van der Waals surface area contributed by atoms with Gasteiger partial charge in [0.1, 0.15) is 5.82 Å². The van der Waals surface area contributed by atoms with E-state index >= 15 is 0 Å². The molecule has 0 unspecified atom stereocenters. The van der Waals surface area contributed by atoms with Crippen molar-refractivity contribution in [1.29, 1.82) is 0 Å². The molecule has 0 amide bonds. The van der Waals surface area contributed by atoms with E-state index in [1.54, 1.807) is 0 Å². The second kappa shape index (κ2) is 7.57. The molecule has 0 bridgehead atoms. The van der Waals surface area contributed by atoms with Crippen LogP contribution in [0.2, 0.25) is 0 Å². The van der Waals surface area contributed by atoms with Crippen LogP contribution in [0.1, 0.15) is 105 Å². The Hall–Kier alpha value is -1.77. The molecule has 0 aliphatic carbocycles. The van der Waals surface area contributed by atoms with Gasteiger partial charge in [0.05, 0.1) is 0 Å². The van der Waals surface area contributed by atoms with Crippen molar-refractivity contribution in [3.05, 3.63) is 53.4 Å². The first-order valence-corrected chi connectivity index (χ1v) is 10.4. The Morgan fingerprint density at radius 3 is 1.68 bits per heavy atom. The molecule has 154 valence electrons. The average Bonchev–Trinajstić information content (AvgIpc) is 2.59. The minimum absolute atomic E-state index is 0.00837. The first kappa shape index (κ1) is 22.5. The highest BCUT2D eigenvalue weighted by Gasteiger charge is 2.30. The van der Waals surface area contributed by atoms with Crippen LogP contribution in [0.4, 0.5) is 0 Å². The quantitative estimate of drug-likeness (QED) is 0.593. The maximum atomic E-state index is 4.90. The highest BCUT2D eigenvalue weighted by atomic mass is 14.9. The van der Waals surface area contributed by atoms with Crippen LogP contribution in [-0.4, -0.2) is 15.0 Å². The van der Waals surface area contributed by atoms with Gasteiger partial charge in [-0.25, -0.2) is 9.97 Å². The molecular formula is C25H39N3. The maximum Gasteiger partial charge on any atom is 0.133 e. The number of pyridine rings is 1. The van der Waals surface area contributed by atoms with E-state index in [4.69, 9.17) is 9.97 Å². The molecule has 0 N–H and O–H groups in total. The molecular weight excluding hydrogens is 342 g/mol. The monoisotopic (exact) mass is 381 g/mol. The summed E-state index contributed by atoms with van der Waals surface area (Å²) in [6.45, 7) is 22.3. The van der Waals surface area contributed by atoms with Gasteiger partial charge in [-0.2, -0.15) is 0 Å². The summed E-state index contributed by atoms with van der Waals surface area (Å²) >= 11 is 0. The standard InChI is InChI=1S/C25H39N3/c1-22(2,3)18-11-12-19(27-17-18)24(7,8)14-15-25(9,10)20-13-16-26-21(28-20)23(4,5)6/h11-13,16-17H,14-15H2,1-10H3. The Balaban J connectivity index is 2.17. The third-order valence-corrected chi connectivity index (χ3v) is 5.72. The molecule has 0 aliphatic rings. The molecule has 3 heteroatoms. The molecule has 0 fully saturated rings. The molecule has 2 aromatic heterocycles. The van der Waals surface area contributed by atoms with Crippen molar-refractivity contribution in [1.82, 2.24) is 15.0 Å². The fourth-order valence-electron chi connectivity index (χ4n) is 3.22. The molecule has 2 heterocycles. The Kier molecular flexibility index (Phi) is 6.09. The van der Waals surface area contributed by atoms with Gasteiger partial charge in [0, 0.05) is 40.0 Å². The van der Waals surface area contributed by atoms with E-state index in [0.717, 1.165) is 30.1 Å². The second-order valence-corrected chi connectivity index (χ2v) is 11.5. The Morgan fingerprint density at radius 2 is 1.21 bits per heavy atom. The summed E-state index contributed by atoms with van der Waals surface area (Å²) in [6.07, 6.45) is 6.05. The first-order valence-electron chi connectivity index (χ1n) is 10.4. The van der Waals surface area contributed by atoms with E-state index < -0.39 is 0 Å². The van der Waals surface area contributed by atoms with Crippen LogP contribution < -0.4 is 0 Å². The van der Waals surface area contributed by atoms with Crippen molar-refractivity contribution in [2.45, 2.75) is 104 Å². The first-order chi connectivity index (χ1) is 12.6. The van der Waals surface area contributed by atoms with Crippen LogP contribution in [0.15, 0.2) is 30.6 Å². The topological polar surface area (TPSA) is 38.7 Å². The fraction of sp³-hybridized carbons (Fsp3) is 0.640. The Bertz CT molecular complexity index is 788. The molecule has 0 spiro atoms. The summed E-state index contributed by atoms with van der Waals surface area (Å²) in [6, 6.07) is 6.50. The normalized spacial score (nSPS) is 13.6. The SMILES string of the molecule is CC(C)(C)c1ccc(C(C)(C)CCC(C)(C)c2ccnc(C(C)(C)C)n2)nc1. The predicted octanol–water partition coefficient (Wildman–Crippen LogP) is 6.50. The summed E-state index contributed by atoms with van der Waals surface area (Å²) in [5.41, 5.74) is 3.68. The van der Waals surface area contributed by atoms with Crippen LogP contribution in [-0.2, 0) is 21.7 Å². The van der Waals surface area contributed by atoms with E-state index in [9.17, 15) is 0 Å². The summed E-state index contributed by atoms with van der Waals surface area (Å²) < 4.78 is 0. The van der Waals surface area contributed by atoms with E-state index in [1.165, 1.54) is 5.56 Å². The molecule has 0 atom stereocenters. The van der Waals surface area contributed by atoms with Gasteiger partial charge in [-0.15, -0.1) is 0 Å². The molecule has 0 aliphatic heterocycles. The highest BCUT2D eigenvalue weighted by Crippen LogP contribution is 2.35. The zero-order valence-corrected chi connectivity index (χ0v) is 19.6. The summed E-state index contributed by atoms with van der Waals surface area (Å²) in [4.78, 5) is 14.2. The minimum Gasteiger partial charge on any atom is -0.260 e. The molecule has 28 heavy (non-hydrogen) atoms. The van der Waals surface area contributed by atoms with Gasteiger partial charge in [-0.3, -0.25) is 4.98 Å². The molecule has 3 nitrogen and oxygen atoms in total. The van der Waals surface area contributed by atoms with Crippen molar-refractivity contribution in [3.63, 3.8) is 0 Å². The third kappa shape index (κ3) is 5.40. The van der Waals surface area contributed by atoms with E-state index in [0.29, 0.717) is 0 Å². The maximum absolute atomic E-state index is 4.90. The summed E-state index contributed by atoms with van der Waals surface area (Å²) in [5.74, 6) is 0.914.